The molecule has 1 unspecified atom stereocenters. The molecule has 0 heterocycles. The van der Waals surface area contributed by atoms with E-state index in [4.69, 9.17) is 4.52 Å². The van der Waals surface area contributed by atoms with Crippen molar-refractivity contribution in [1.82, 2.24) is 4.72 Å². The fourth-order valence-corrected chi connectivity index (χ4v) is 4.68. The van der Waals surface area contributed by atoms with Crippen molar-refractivity contribution in [2.24, 2.45) is 0 Å². The van der Waals surface area contributed by atoms with Crippen LogP contribution in [0.3, 0.4) is 0 Å². The first-order valence-electron chi connectivity index (χ1n) is 8.14. The zero-order valence-corrected chi connectivity index (χ0v) is 20.2. The molecular weight excluding hydrogens is 430 g/mol. The van der Waals surface area contributed by atoms with E-state index in [1.807, 2.05) is 25.5 Å². The summed E-state index contributed by atoms with van der Waals surface area (Å²) >= 11 is 0. The van der Waals surface area contributed by atoms with Crippen molar-refractivity contribution in [1.29, 1.82) is 0 Å². The number of hydrogen-bond acceptors (Lipinski definition) is 7. The summed E-state index contributed by atoms with van der Waals surface area (Å²) in [5.41, 5.74) is 0.550. The molecule has 2 aromatic carbocycles. The van der Waals surface area contributed by atoms with Crippen LogP contribution < -0.4 is 43.7 Å². The Morgan fingerprint density at radius 3 is 2.03 bits per heavy atom. The summed E-state index contributed by atoms with van der Waals surface area (Å²) in [6, 6.07) is 10.5. The van der Waals surface area contributed by atoms with Gasteiger partial charge in [0.2, 0.25) is 10.0 Å². The summed E-state index contributed by atoms with van der Waals surface area (Å²) in [4.78, 5) is 21.9. The average molecular weight is 450 g/mol. The maximum Gasteiger partial charge on any atom is 1.00 e. The topological polar surface area (TPSA) is 139 Å². The third kappa shape index (κ3) is 7.49. The molecule has 0 aliphatic carbocycles. The second kappa shape index (κ2) is 9.70. The second-order valence-corrected chi connectivity index (χ2v) is 10.5. The fraction of sp³-hybridized carbons (Fsp3) is 0.294. The van der Waals surface area contributed by atoms with Gasteiger partial charge in [-0.3, -0.25) is 14.7 Å². The Balaban J connectivity index is 0.00000420. The number of nitro groups is 1. The molecule has 0 fully saturated rings. The van der Waals surface area contributed by atoms with Crippen LogP contribution in [0.1, 0.15) is 26.3 Å². The first kappa shape index (κ1) is 25.8. The Morgan fingerprint density at radius 1 is 1.07 bits per heavy atom. The van der Waals surface area contributed by atoms with Crippen LogP contribution >= 0.6 is 7.60 Å². The predicted molar refractivity (Wildman–Crippen MR) is 102 cm³/mol. The molecule has 0 saturated carbocycles. The smallest absolute Gasteiger partial charge is 0.768 e. The van der Waals surface area contributed by atoms with Crippen molar-refractivity contribution >= 4 is 23.3 Å². The summed E-state index contributed by atoms with van der Waals surface area (Å²) in [6.07, 6.45) is -0.965. The Hall–Kier alpha value is -1.26. The minimum Gasteiger partial charge on any atom is -0.768 e. The van der Waals surface area contributed by atoms with Gasteiger partial charge in [0.15, 0.2) is 7.60 Å². The normalized spacial score (nSPS) is 13.8. The maximum atomic E-state index is 12.3. The van der Waals surface area contributed by atoms with E-state index < -0.39 is 28.8 Å². The van der Waals surface area contributed by atoms with Crippen LogP contribution in [0.15, 0.2) is 53.4 Å². The van der Waals surface area contributed by atoms with Crippen LogP contribution in [-0.2, 0) is 20.0 Å². The van der Waals surface area contributed by atoms with Crippen molar-refractivity contribution in [3.05, 3.63) is 64.2 Å². The Bertz CT molecular complexity index is 1000. The average Bonchev–Trinajstić information content (AvgIpc) is 2.60. The van der Waals surface area contributed by atoms with E-state index in [1.54, 1.807) is 12.1 Å². The van der Waals surface area contributed by atoms with Gasteiger partial charge in [0.05, 0.1) is 16.1 Å². The van der Waals surface area contributed by atoms with Crippen molar-refractivity contribution in [3.63, 3.8) is 0 Å². The quantitative estimate of drug-likeness (QED) is 0.266. The molecule has 0 spiro atoms. The van der Waals surface area contributed by atoms with Gasteiger partial charge in [0, 0.05) is 12.1 Å². The van der Waals surface area contributed by atoms with Gasteiger partial charge in [0.1, 0.15) is 5.75 Å². The van der Waals surface area contributed by atoms with Gasteiger partial charge in [-0.05, 0) is 35.2 Å². The number of nitrogens with one attached hydrogen (secondary N) is 1. The van der Waals surface area contributed by atoms with E-state index in [-0.39, 0.29) is 51.3 Å². The summed E-state index contributed by atoms with van der Waals surface area (Å²) in [5, 5.41) is 10.6. The van der Waals surface area contributed by atoms with Crippen LogP contribution in [0.5, 0.6) is 5.75 Å². The van der Waals surface area contributed by atoms with E-state index in [0.29, 0.717) is 0 Å². The van der Waals surface area contributed by atoms with E-state index in [2.05, 4.69) is 0 Å². The van der Waals surface area contributed by atoms with Crippen molar-refractivity contribution in [2.45, 2.75) is 31.1 Å². The van der Waals surface area contributed by atoms with Crippen LogP contribution in [0.4, 0.5) is 5.69 Å². The van der Waals surface area contributed by atoms with Gasteiger partial charge in [0.25, 0.3) is 5.69 Å². The molecule has 0 radical (unpaired) electrons. The number of rotatable bonds is 7. The van der Waals surface area contributed by atoms with Gasteiger partial charge in [-0.25, -0.2) is 13.1 Å². The van der Waals surface area contributed by atoms with E-state index in [1.165, 1.54) is 12.1 Å². The van der Waals surface area contributed by atoms with Crippen molar-refractivity contribution in [3.8, 4) is 5.75 Å². The zero-order valence-electron chi connectivity index (χ0n) is 16.5. The second-order valence-electron chi connectivity index (χ2n) is 7.03. The Labute approximate surface area is 191 Å². The molecule has 9 nitrogen and oxygen atoms in total. The molecule has 152 valence electrons. The fourth-order valence-electron chi connectivity index (χ4n) is 2.20. The van der Waals surface area contributed by atoms with E-state index >= 15 is 0 Å². The molecule has 0 bridgehead atoms. The van der Waals surface area contributed by atoms with Crippen LogP contribution in [0, 0.1) is 10.1 Å². The monoisotopic (exact) mass is 450 g/mol. The van der Waals surface area contributed by atoms with E-state index in [0.717, 1.165) is 29.8 Å². The largest absolute Gasteiger partial charge is 1.00 e. The first-order valence-corrected chi connectivity index (χ1v) is 11.4. The summed E-state index contributed by atoms with van der Waals surface area (Å²) in [5.74, 6) is -0.155. The molecule has 2 rings (SSSR count). The molecule has 0 aliphatic heterocycles. The SMILES string of the molecule is CC(C)(C)c1ccc(S(=O)(=O)NCP(=O)([O-])Oc2ccc([N+](=O)[O-])cc2)cc1.[Na+]. The third-order valence-corrected chi connectivity index (χ3v) is 6.44. The minimum absolute atomic E-state index is 0. The van der Waals surface area contributed by atoms with Gasteiger partial charge in [-0.15, -0.1) is 0 Å². The van der Waals surface area contributed by atoms with Crippen molar-refractivity contribution < 1.29 is 56.9 Å². The summed E-state index contributed by atoms with van der Waals surface area (Å²) in [6.45, 7) is 5.95. The standard InChI is InChI=1S/C17H21N2O7PS.Na/c1-17(2,3)13-4-10-16(11-5-13)28(24,25)18-12-27(22,23)26-15-8-6-14(7-9-15)19(20)21;/h4-11,18H,12H2,1-3H3,(H,22,23);/q;+1/p-1. The van der Waals surface area contributed by atoms with Gasteiger partial charge in [-0.1, -0.05) is 32.9 Å². The molecule has 0 aromatic heterocycles. The molecule has 1 N–H and O–H groups in total. The molecule has 0 aliphatic rings. The molecule has 12 heteroatoms. The van der Waals surface area contributed by atoms with E-state index in [9.17, 15) is 28.0 Å². The minimum atomic E-state index is -4.62. The number of hydrogen-bond donors (Lipinski definition) is 1. The number of nitrogens with zero attached hydrogens (tertiary/aromatic N) is 1. The molecule has 1 atom stereocenters. The molecule has 2 aromatic rings. The third-order valence-electron chi connectivity index (χ3n) is 3.77. The van der Waals surface area contributed by atoms with Crippen LogP contribution in [0.25, 0.3) is 0 Å². The molecule has 0 saturated heterocycles. The predicted octanol–water partition coefficient (Wildman–Crippen LogP) is -0.235. The summed E-state index contributed by atoms with van der Waals surface area (Å²) < 4.78 is 43.4. The number of benzene rings is 2. The number of non-ortho nitro benzene ring substituents is 1. The Morgan fingerprint density at radius 2 is 1.59 bits per heavy atom. The van der Waals surface area contributed by atoms with Crippen molar-refractivity contribution in [2.75, 3.05) is 6.29 Å². The van der Waals surface area contributed by atoms with Gasteiger partial charge in [-0.2, -0.15) is 0 Å². The van der Waals surface area contributed by atoms with Crippen LogP contribution in [0.2, 0.25) is 0 Å². The van der Waals surface area contributed by atoms with Gasteiger partial charge < -0.3 is 9.42 Å². The Kier molecular flexibility index (Phi) is 8.62. The molecule has 29 heavy (non-hydrogen) atoms. The number of nitro benzene ring substituents is 1. The molecular formula is C17H20N2NaO7PS. The zero-order chi connectivity index (χ0) is 21.2. The molecule has 0 amide bonds. The summed E-state index contributed by atoms with van der Waals surface area (Å²) in [7, 11) is -8.67. The van der Waals surface area contributed by atoms with Crippen LogP contribution in [-0.4, -0.2) is 19.6 Å². The maximum absolute atomic E-state index is 12.3. The number of sulfonamides is 1. The van der Waals surface area contributed by atoms with Gasteiger partial charge >= 0.3 is 29.6 Å². The first-order chi connectivity index (χ1) is 12.8.